The molecule has 0 amide bonds. The fourth-order valence-electron chi connectivity index (χ4n) is 1.60. The zero-order valence-electron chi connectivity index (χ0n) is 9.76. The summed E-state index contributed by atoms with van der Waals surface area (Å²) in [6.45, 7) is 4.11. The number of halogens is 1. The SMILES string of the molecule is CCCC(C)(O)CNc1cccc(F)c1N. The van der Waals surface area contributed by atoms with Crippen LogP contribution in [0.15, 0.2) is 18.2 Å². The van der Waals surface area contributed by atoms with Gasteiger partial charge in [0.25, 0.3) is 0 Å². The van der Waals surface area contributed by atoms with Crippen LogP contribution in [0, 0.1) is 5.82 Å². The monoisotopic (exact) mass is 226 g/mol. The van der Waals surface area contributed by atoms with Gasteiger partial charge < -0.3 is 16.2 Å². The lowest BCUT2D eigenvalue weighted by Crippen LogP contribution is -2.33. The lowest BCUT2D eigenvalue weighted by Gasteiger charge is -2.24. The minimum absolute atomic E-state index is 0.0924. The quantitative estimate of drug-likeness (QED) is 0.675. The van der Waals surface area contributed by atoms with E-state index in [4.69, 9.17) is 5.73 Å². The van der Waals surface area contributed by atoms with E-state index in [0.717, 1.165) is 6.42 Å². The average molecular weight is 226 g/mol. The van der Waals surface area contributed by atoms with Crippen LogP contribution in [0.3, 0.4) is 0 Å². The molecular weight excluding hydrogens is 207 g/mol. The Morgan fingerprint density at radius 3 is 2.81 bits per heavy atom. The summed E-state index contributed by atoms with van der Waals surface area (Å²) in [6, 6.07) is 4.59. The van der Waals surface area contributed by atoms with E-state index in [1.807, 2.05) is 6.92 Å². The van der Waals surface area contributed by atoms with Gasteiger partial charge in [0, 0.05) is 6.54 Å². The van der Waals surface area contributed by atoms with E-state index in [2.05, 4.69) is 5.32 Å². The van der Waals surface area contributed by atoms with Gasteiger partial charge >= 0.3 is 0 Å². The summed E-state index contributed by atoms with van der Waals surface area (Å²) in [5.74, 6) is -0.444. The van der Waals surface area contributed by atoms with Gasteiger partial charge in [-0.1, -0.05) is 19.4 Å². The van der Waals surface area contributed by atoms with Crippen molar-refractivity contribution in [3.63, 3.8) is 0 Å². The van der Waals surface area contributed by atoms with Crippen molar-refractivity contribution < 1.29 is 9.50 Å². The molecule has 0 aliphatic rings. The lowest BCUT2D eigenvalue weighted by atomic mass is 10.0. The number of nitrogens with one attached hydrogen (secondary N) is 1. The summed E-state index contributed by atoms with van der Waals surface area (Å²) in [7, 11) is 0. The molecule has 0 bridgehead atoms. The van der Waals surface area contributed by atoms with Gasteiger partial charge in [-0.2, -0.15) is 0 Å². The second kappa shape index (κ2) is 5.16. The number of hydrogen-bond donors (Lipinski definition) is 3. The maximum absolute atomic E-state index is 13.1. The number of anilines is 2. The maximum Gasteiger partial charge on any atom is 0.148 e. The predicted octanol–water partition coefficient (Wildman–Crippen LogP) is 2.37. The molecule has 1 aromatic rings. The van der Waals surface area contributed by atoms with Crippen LogP contribution < -0.4 is 11.1 Å². The Morgan fingerprint density at radius 1 is 1.50 bits per heavy atom. The topological polar surface area (TPSA) is 58.3 Å². The van der Waals surface area contributed by atoms with Gasteiger partial charge in [0.05, 0.1) is 17.0 Å². The summed E-state index contributed by atoms with van der Waals surface area (Å²) >= 11 is 0. The van der Waals surface area contributed by atoms with Gasteiger partial charge in [-0.3, -0.25) is 0 Å². The fraction of sp³-hybridized carbons (Fsp3) is 0.500. The van der Waals surface area contributed by atoms with Crippen LogP contribution in [-0.2, 0) is 0 Å². The van der Waals surface area contributed by atoms with Gasteiger partial charge in [0.1, 0.15) is 5.82 Å². The van der Waals surface area contributed by atoms with E-state index >= 15 is 0 Å². The third kappa shape index (κ3) is 3.38. The minimum Gasteiger partial charge on any atom is -0.395 e. The van der Waals surface area contributed by atoms with Gasteiger partial charge in [-0.25, -0.2) is 4.39 Å². The number of aliphatic hydroxyl groups is 1. The first-order valence-corrected chi connectivity index (χ1v) is 5.46. The molecule has 0 radical (unpaired) electrons. The first kappa shape index (κ1) is 12.8. The first-order valence-electron chi connectivity index (χ1n) is 5.46. The second-order valence-electron chi connectivity index (χ2n) is 4.30. The molecule has 0 saturated heterocycles. The van der Waals surface area contributed by atoms with Gasteiger partial charge in [-0.05, 0) is 25.5 Å². The third-order valence-corrected chi connectivity index (χ3v) is 2.50. The Hall–Kier alpha value is -1.29. The molecule has 1 aromatic carbocycles. The Bertz CT molecular complexity index is 353. The van der Waals surface area contributed by atoms with Crippen LogP contribution in [0.1, 0.15) is 26.7 Å². The summed E-state index contributed by atoms with van der Waals surface area (Å²) in [4.78, 5) is 0. The average Bonchev–Trinajstić information content (AvgIpc) is 2.20. The number of para-hydroxylation sites is 1. The van der Waals surface area contributed by atoms with Crippen molar-refractivity contribution in [1.82, 2.24) is 0 Å². The van der Waals surface area contributed by atoms with Crippen molar-refractivity contribution >= 4 is 11.4 Å². The van der Waals surface area contributed by atoms with E-state index in [-0.39, 0.29) is 5.69 Å². The Kier molecular flexibility index (Phi) is 4.12. The molecule has 1 atom stereocenters. The third-order valence-electron chi connectivity index (χ3n) is 2.50. The van der Waals surface area contributed by atoms with Crippen molar-refractivity contribution in [3.05, 3.63) is 24.0 Å². The molecular formula is C12H19FN2O. The van der Waals surface area contributed by atoms with Crippen LogP contribution >= 0.6 is 0 Å². The molecule has 0 heterocycles. The molecule has 0 saturated carbocycles. The summed E-state index contributed by atoms with van der Waals surface area (Å²) in [5.41, 5.74) is 5.39. The number of nitrogen functional groups attached to an aromatic ring is 1. The number of hydrogen-bond acceptors (Lipinski definition) is 3. The standard InChI is InChI=1S/C12H19FN2O/c1-3-7-12(2,16)8-15-10-6-4-5-9(13)11(10)14/h4-6,15-16H,3,7-8,14H2,1-2H3. The molecule has 1 rings (SSSR count). The van der Waals surface area contributed by atoms with E-state index in [0.29, 0.717) is 18.7 Å². The van der Waals surface area contributed by atoms with Crippen LogP contribution in [0.4, 0.5) is 15.8 Å². The summed E-state index contributed by atoms with van der Waals surface area (Å²) in [6.07, 6.45) is 1.59. The van der Waals surface area contributed by atoms with Crippen molar-refractivity contribution in [1.29, 1.82) is 0 Å². The molecule has 16 heavy (non-hydrogen) atoms. The number of rotatable bonds is 5. The van der Waals surface area contributed by atoms with Gasteiger partial charge in [-0.15, -0.1) is 0 Å². The molecule has 0 aromatic heterocycles. The lowest BCUT2D eigenvalue weighted by molar-refractivity contribution is 0.0637. The normalized spacial score (nSPS) is 14.5. The zero-order valence-corrected chi connectivity index (χ0v) is 9.76. The first-order chi connectivity index (χ1) is 7.46. The van der Waals surface area contributed by atoms with E-state index in [9.17, 15) is 9.50 Å². The molecule has 4 heteroatoms. The van der Waals surface area contributed by atoms with E-state index in [1.165, 1.54) is 6.07 Å². The highest BCUT2D eigenvalue weighted by molar-refractivity contribution is 5.66. The second-order valence-corrected chi connectivity index (χ2v) is 4.30. The minimum atomic E-state index is -0.798. The number of benzene rings is 1. The predicted molar refractivity (Wildman–Crippen MR) is 64.8 cm³/mol. The van der Waals surface area contributed by atoms with Crippen LogP contribution in [0.5, 0.6) is 0 Å². The Balaban J connectivity index is 2.64. The fourth-order valence-corrected chi connectivity index (χ4v) is 1.60. The Morgan fingerprint density at radius 2 is 2.19 bits per heavy atom. The molecule has 4 N–H and O–H groups in total. The molecule has 0 spiro atoms. The van der Waals surface area contributed by atoms with Crippen molar-refractivity contribution in [3.8, 4) is 0 Å². The maximum atomic E-state index is 13.1. The Labute approximate surface area is 95.5 Å². The highest BCUT2D eigenvalue weighted by Gasteiger charge is 2.19. The largest absolute Gasteiger partial charge is 0.395 e. The van der Waals surface area contributed by atoms with Gasteiger partial charge in [0.2, 0.25) is 0 Å². The van der Waals surface area contributed by atoms with Gasteiger partial charge in [0.15, 0.2) is 0 Å². The van der Waals surface area contributed by atoms with Crippen LogP contribution in [0.25, 0.3) is 0 Å². The molecule has 0 aliphatic heterocycles. The molecule has 1 unspecified atom stereocenters. The van der Waals surface area contributed by atoms with Crippen LogP contribution in [-0.4, -0.2) is 17.3 Å². The van der Waals surface area contributed by atoms with Crippen molar-refractivity contribution in [2.24, 2.45) is 0 Å². The summed E-state index contributed by atoms with van der Waals surface area (Å²) < 4.78 is 13.1. The van der Waals surface area contributed by atoms with E-state index in [1.54, 1.807) is 19.1 Å². The van der Waals surface area contributed by atoms with Crippen LogP contribution in [0.2, 0.25) is 0 Å². The number of nitrogens with two attached hydrogens (primary N) is 1. The summed E-state index contributed by atoms with van der Waals surface area (Å²) in [5, 5.41) is 12.9. The van der Waals surface area contributed by atoms with Crippen molar-refractivity contribution in [2.45, 2.75) is 32.3 Å². The molecule has 90 valence electrons. The highest BCUT2D eigenvalue weighted by Crippen LogP contribution is 2.22. The smallest absolute Gasteiger partial charge is 0.148 e. The molecule has 3 nitrogen and oxygen atoms in total. The van der Waals surface area contributed by atoms with Crippen molar-refractivity contribution in [2.75, 3.05) is 17.6 Å². The zero-order chi connectivity index (χ0) is 12.2. The molecule has 0 aliphatic carbocycles. The molecule has 0 fully saturated rings. The highest BCUT2D eigenvalue weighted by atomic mass is 19.1. The van der Waals surface area contributed by atoms with E-state index < -0.39 is 11.4 Å².